The summed E-state index contributed by atoms with van der Waals surface area (Å²) in [4.78, 5) is 68.0. The molecule has 37 heavy (non-hydrogen) atoms. The average molecular weight is 537 g/mol. The molecule has 10 nitrogen and oxygen atoms in total. The molecule has 1 aliphatic heterocycles. The third kappa shape index (κ3) is 6.26. The van der Waals surface area contributed by atoms with E-state index in [-0.39, 0.29) is 0 Å². The zero-order chi connectivity index (χ0) is 42.8. The first-order chi connectivity index (χ1) is 23.6. The van der Waals surface area contributed by atoms with Gasteiger partial charge in [0.2, 0.25) is 17.6 Å². The van der Waals surface area contributed by atoms with E-state index in [2.05, 4.69) is 5.32 Å². The molecule has 10 heteroatoms. The SMILES string of the molecule is [2H]C([2H])([2H])C([C@H](NC(=O)NC(C)(C)C)C(=O)N1C[C@H]2[C@@H]([C@H]1C(=O)N[C@]([2H])(CC1([2H])C([2H])([2H])C([2H])([2H])C1([2H])[2H])C(=O)C(N)=O)C2(C)C)(C([2H])([2H])[2H])C([2H])([2H])[2H]. The minimum Gasteiger partial charge on any atom is -0.363 e. The number of ketones is 1. The Morgan fingerprint density at radius 2 is 1.78 bits per heavy atom. The van der Waals surface area contributed by atoms with Gasteiger partial charge in [-0.25, -0.2) is 4.79 Å². The summed E-state index contributed by atoms with van der Waals surface area (Å²) in [5.41, 5.74) is -0.850. The molecule has 3 aliphatic rings. The van der Waals surface area contributed by atoms with Gasteiger partial charge in [0, 0.05) is 34.0 Å². The number of amides is 5. The lowest BCUT2D eigenvalue weighted by atomic mass is 9.80. The van der Waals surface area contributed by atoms with Crippen LogP contribution in [0.25, 0.3) is 0 Å². The third-order valence-corrected chi connectivity index (χ3v) is 6.76. The zero-order valence-corrected chi connectivity index (χ0v) is 21.3. The Hall–Kier alpha value is -2.65. The highest BCUT2D eigenvalue weighted by atomic mass is 16.2. The van der Waals surface area contributed by atoms with Crippen LogP contribution in [0.1, 0.15) is 104 Å². The molecule has 0 radical (unpaired) electrons. The van der Waals surface area contributed by atoms with Crippen LogP contribution in [0.2, 0.25) is 0 Å². The molecule has 0 bridgehead atoms. The molecule has 2 aliphatic carbocycles. The maximum absolute atomic E-state index is 14.7. The molecule has 1 heterocycles. The fraction of sp³-hybridized carbons (Fsp3) is 0.815. The maximum Gasteiger partial charge on any atom is 0.315 e. The van der Waals surface area contributed by atoms with Crippen molar-refractivity contribution < 1.29 is 47.3 Å². The van der Waals surface area contributed by atoms with Crippen LogP contribution in [0.3, 0.4) is 0 Å². The van der Waals surface area contributed by atoms with Crippen molar-refractivity contribution in [2.24, 2.45) is 34.3 Å². The number of rotatable bonds is 8. The molecule has 208 valence electrons. The minimum atomic E-state index is -4.04. The van der Waals surface area contributed by atoms with Crippen molar-refractivity contribution in [3.8, 4) is 0 Å². The van der Waals surface area contributed by atoms with Crippen LogP contribution in [0.4, 0.5) is 4.79 Å². The number of nitrogens with zero attached hydrogens (tertiary/aromatic N) is 1. The summed E-state index contributed by atoms with van der Waals surface area (Å²) in [5, 5.41) is 6.09. The van der Waals surface area contributed by atoms with E-state index in [0.717, 1.165) is 0 Å². The van der Waals surface area contributed by atoms with Gasteiger partial charge in [0.15, 0.2) is 0 Å². The van der Waals surface area contributed by atoms with Crippen LogP contribution in [-0.2, 0) is 19.2 Å². The molecule has 5 atom stereocenters. The summed E-state index contributed by atoms with van der Waals surface area (Å²) in [6.45, 7) is -5.01. The van der Waals surface area contributed by atoms with Crippen molar-refractivity contribution in [2.45, 2.75) is 104 Å². The topological polar surface area (TPSA) is 151 Å². The van der Waals surface area contributed by atoms with E-state index in [0.29, 0.717) is 4.90 Å². The van der Waals surface area contributed by atoms with Gasteiger partial charge in [0.25, 0.3) is 5.91 Å². The number of nitrogens with one attached hydrogen (secondary N) is 3. The van der Waals surface area contributed by atoms with Gasteiger partial charge >= 0.3 is 6.03 Å². The molecule has 5 amide bonds. The molecule has 0 unspecified atom stereocenters. The van der Waals surface area contributed by atoms with Gasteiger partial charge in [-0.1, -0.05) is 53.5 Å². The highest BCUT2D eigenvalue weighted by molar-refractivity contribution is 6.37. The summed E-state index contributed by atoms with van der Waals surface area (Å²) in [7, 11) is 0. The lowest BCUT2D eigenvalue weighted by Gasteiger charge is -2.38. The largest absolute Gasteiger partial charge is 0.363 e. The monoisotopic (exact) mass is 536 g/mol. The number of urea groups is 1. The number of nitrogens with two attached hydrogens (primary N) is 1. The number of hydrogen-bond acceptors (Lipinski definition) is 5. The van der Waals surface area contributed by atoms with Gasteiger partial charge in [-0.3, -0.25) is 19.2 Å². The molecule has 3 rings (SSSR count). The van der Waals surface area contributed by atoms with Crippen LogP contribution in [0.5, 0.6) is 0 Å². The van der Waals surface area contributed by atoms with Crippen LogP contribution in [0, 0.1) is 28.6 Å². The van der Waals surface area contributed by atoms with Crippen molar-refractivity contribution in [1.82, 2.24) is 20.9 Å². The molecular weight excluding hydrogens is 474 g/mol. The Kier molecular flexibility index (Phi) is 3.59. The molecule has 0 spiro atoms. The number of carbonyl (C=O) groups excluding carboxylic acids is 5. The molecule has 0 aromatic rings. The average Bonchev–Trinajstić information content (AvgIpc) is 3.24. The Balaban J connectivity index is 2.24. The van der Waals surface area contributed by atoms with Gasteiger partial charge in [-0.2, -0.15) is 0 Å². The second-order valence-corrected chi connectivity index (χ2v) is 11.2. The van der Waals surface area contributed by atoms with Crippen LogP contribution < -0.4 is 21.7 Å². The van der Waals surface area contributed by atoms with E-state index >= 15 is 0 Å². The predicted octanol–water partition coefficient (Wildman–Crippen LogP) is 1.71. The Morgan fingerprint density at radius 3 is 2.32 bits per heavy atom. The highest BCUT2D eigenvalue weighted by Crippen LogP contribution is 2.65. The number of primary amides is 1. The third-order valence-electron chi connectivity index (χ3n) is 6.76. The molecule has 1 saturated heterocycles. The summed E-state index contributed by atoms with van der Waals surface area (Å²) < 4.78 is 139. The molecule has 3 fully saturated rings. The first-order valence-electron chi connectivity index (χ1n) is 20.1. The first-order valence-corrected chi connectivity index (χ1v) is 11.6. The van der Waals surface area contributed by atoms with Crippen molar-refractivity contribution in [1.29, 1.82) is 0 Å². The van der Waals surface area contributed by atoms with E-state index in [9.17, 15) is 24.0 Å². The summed E-state index contributed by atoms with van der Waals surface area (Å²) >= 11 is 0. The van der Waals surface area contributed by atoms with Crippen molar-refractivity contribution >= 4 is 29.5 Å². The van der Waals surface area contributed by atoms with E-state index in [1.165, 1.54) is 20.8 Å². The van der Waals surface area contributed by atoms with Crippen molar-refractivity contribution in [3.63, 3.8) is 0 Å². The van der Waals surface area contributed by atoms with E-state index in [4.69, 9.17) is 29.0 Å². The van der Waals surface area contributed by atoms with Crippen LogP contribution >= 0.6 is 0 Å². The fourth-order valence-corrected chi connectivity index (χ4v) is 4.81. The number of carbonyl (C=O) groups is 5. The Labute approximate surface area is 244 Å². The normalized spacial score (nSPS) is 39.9. The summed E-state index contributed by atoms with van der Waals surface area (Å²) in [6.07, 6.45) is -11.9. The number of piperidine rings is 1. The molecule has 0 aromatic heterocycles. The second-order valence-electron chi connectivity index (χ2n) is 11.2. The Morgan fingerprint density at radius 1 is 1.16 bits per heavy atom. The van der Waals surface area contributed by atoms with Gasteiger partial charge in [0.05, 0.1) is 7.39 Å². The molecule has 2 saturated carbocycles. The van der Waals surface area contributed by atoms with E-state index < -0.39 is 134 Å². The van der Waals surface area contributed by atoms with E-state index in [1.54, 1.807) is 13.8 Å². The lowest BCUT2D eigenvalue weighted by molar-refractivity contribution is -0.145. The first kappa shape index (κ1) is 13.4. The minimum absolute atomic E-state index is 0.491. The summed E-state index contributed by atoms with van der Waals surface area (Å²) in [6, 6.07) is -9.72. The quantitative estimate of drug-likeness (QED) is 0.348. The molecule has 5 N–H and O–H groups in total. The Bertz CT molecular complexity index is 1550. The van der Waals surface area contributed by atoms with E-state index in [1.807, 2.05) is 10.6 Å². The predicted molar refractivity (Wildman–Crippen MR) is 139 cm³/mol. The molecule has 0 aromatic carbocycles. The zero-order valence-electron chi connectivity index (χ0n) is 38.3. The fourth-order valence-electron chi connectivity index (χ4n) is 4.81. The maximum atomic E-state index is 14.7. The van der Waals surface area contributed by atoms with Crippen LogP contribution in [-0.4, -0.2) is 64.6 Å². The lowest BCUT2D eigenvalue weighted by Crippen LogP contribution is -2.62. The molecular formula is C27H45N5O5. The second kappa shape index (κ2) is 9.91. The number of fused-ring (bicyclic) bond motifs is 1. The van der Waals surface area contributed by atoms with Gasteiger partial charge in [-0.15, -0.1) is 0 Å². The standard InChI is InChI=1S/C27H45N5O5/c1-25(2,3)20(30-24(37)31-26(4,5)6)23(36)32-13-15-17(27(15,7)8)18(32)22(35)29-16(19(33)21(28)34)12-14-10-9-11-14/h14-18,20H,9-13H2,1-8H3,(H2,28,34)(H,29,35)(H2,30,31,37)/t15-,16+,17-,18-,20+/m0/s1/i1D3,2D3,3D3,9D2,10D2,11D2,14D,16D. The number of hydrogen-bond donors (Lipinski definition) is 4. The van der Waals surface area contributed by atoms with Crippen molar-refractivity contribution in [2.75, 3.05) is 6.54 Å². The summed E-state index contributed by atoms with van der Waals surface area (Å²) in [5.74, 6) is -12.0. The van der Waals surface area contributed by atoms with Gasteiger partial charge < -0.3 is 26.6 Å². The number of likely N-dealkylation sites (tertiary alicyclic amines) is 1. The van der Waals surface area contributed by atoms with Crippen molar-refractivity contribution in [3.05, 3.63) is 0 Å². The highest BCUT2D eigenvalue weighted by Gasteiger charge is 2.70. The van der Waals surface area contributed by atoms with Gasteiger partial charge in [0.1, 0.15) is 12.1 Å². The van der Waals surface area contributed by atoms with Crippen LogP contribution in [0.15, 0.2) is 0 Å². The smallest absolute Gasteiger partial charge is 0.315 e. The van der Waals surface area contributed by atoms with Gasteiger partial charge in [-0.05, 0) is 55.8 Å². The number of Topliss-reactive ketones (excluding diaryl/α,β-unsaturated/α-hetero) is 1.